The van der Waals surface area contributed by atoms with E-state index in [1.54, 1.807) is 6.92 Å². The van der Waals surface area contributed by atoms with Gasteiger partial charge in [0.25, 0.3) is 0 Å². The Balaban J connectivity index is 1.47. The van der Waals surface area contributed by atoms with Crippen LogP contribution < -0.4 is 0 Å². The summed E-state index contributed by atoms with van der Waals surface area (Å²) < 4.78 is 0. The summed E-state index contributed by atoms with van der Waals surface area (Å²) in [4.78, 5) is 16.2. The Morgan fingerprint density at radius 1 is 0.850 bits per heavy atom. The Labute approximate surface area is 123 Å². The Morgan fingerprint density at radius 3 is 2.15 bits per heavy atom. The zero-order valence-corrected chi connectivity index (χ0v) is 13.0. The molecule has 3 fully saturated rings. The summed E-state index contributed by atoms with van der Waals surface area (Å²) in [5.41, 5.74) is 0. The van der Waals surface area contributed by atoms with E-state index in [1.807, 2.05) is 4.90 Å². The van der Waals surface area contributed by atoms with Crippen LogP contribution in [0.15, 0.2) is 0 Å². The Morgan fingerprint density at radius 2 is 1.50 bits per heavy atom. The van der Waals surface area contributed by atoms with E-state index in [0.29, 0.717) is 0 Å². The number of likely N-dealkylation sites (tertiary alicyclic amines) is 2. The van der Waals surface area contributed by atoms with Gasteiger partial charge in [-0.05, 0) is 50.5 Å². The van der Waals surface area contributed by atoms with Crippen molar-refractivity contribution in [2.45, 2.75) is 64.3 Å². The van der Waals surface area contributed by atoms with E-state index in [1.165, 1.54) is 64.5 Å². The molecule has 3 heteroatoms. The predicted molar refractivity (Wildman–Crippen MR) is 81.5 cm³/mol. The normalized spacial score (nSPS) is 30.9. The molecule has 2 heterocycles. The fourth-order valence-electron chi connectivity index (χ4n) is 4.66. The van der Waals surface area contributed by atoms with Crippen LogP contribution in [-0.2, 0) is 4.79 Å². The monoisotopic (exact) mass is 278 g/mol. The van der Waals surface area contributed by atoms with Gasteiger partial charge in [-0.1, -0.05) is 19.3 Å². The average molecular weight is 278 g/mol. The molecule has 1 unspecified atom stereocenters. The molecule has 3 aliphatic rings. The average Bonchev–Trinajstić information content (AvgIpc) is 2.98. The van der Waals surface area contributed by atoms with Crippen molar-refractivity contribution in [3.63, 3.8) is 0 Å². The van der Waals surface area contributed by atoms with E-state index in [2.05, 4.69) is 4.90 Å². The second-order valence-corrected chi connectivity index (χ2v) is 7.18. The maximum absolute atomic E-state index is 11.4. The van der Waals surface area contributed by atoms with E-state index in [4.69, 9.17) is 0 Å². The highest BCUT2D eigenvalue weighted by Crippen LogP contribution is 2.34. The van der Waals surface area contributed by atoms with Crippen molar-refractivity contribution in [3.8, 4) is 0 Å². The number of nitrogens with zero attached hydrogens (tertiary/aromatic N) is 2. The van der Waals surface area contributed by atoms with Gasteiger partial charge in [-0.3, -0.25) is 4.79 Å². The van der Waals surface area contributed by atoms with Gasteiger partial charge in [0, 0.05) is 32.6 Å². The first kappa shape index (κ1) is 14.4. The summed E-state index contributed by atoms with van der Waals surface area (Å²) in [7, 11) is 0. The number of carbonyl (C=O) groups excluding carboxylic acids is 1. The number of rotatable bonds is 2. The summed E-state index contributed by atoms with van der Waals surface area (Å²) in [5.74, 6) is 2.05. The lowest BCUT2D eigenvalue weighted by atomic mass is 9.83. The van der Waals surface area contributed by atoms with Crippen molar-refractivity contribution in [2.75, 3.05) is 26.2 Å². The van der Waals surface area contributed by atoms with Crippen molar-refractivity contribution < 1.29 is 4.79 Å². The van der Waals surface area contributed by atoms with Crippen molar-refractivity contribution in [2.24, 2.45) is 11.8 Å². The molecule has 3 rings (SSSR count). The van der Waals surface area contributed by atoms with Crippen LogP contribution in [0.4, 0.5) is 0 Å². The third kappa shape index (κ3) is 3.19. The molecule has 2 aliphatic heterocycles. The minimum Gasteiger partial charge on any atom is -0.343 e. The highest BCUT2D eigenvalue weighted by atomic mass is 16.2. The minimum absolute atomic E-state index is 0.263. The molecule has 0 spiro atoms. The maximum atomic E-state index is 11.4. The van der Waals surface area contributed by atoms with Gasteiger partial charge in [0.05, 0.1) is 0 Å². The standard InChI is InChI=1S/C17H30N2O/c1-14(20)18-10-7-15(8-11-18)16-9-12-19(13-16)17-5-3-2-4-6-17/h15-17H,2-13H2,1H3. The molecule has 0 N–H and O–H groups in total. The summed E-state index contributed by atoms with van der Waals surface area (Å²) in [6, 6.07) is 0.894. The fourth-order valence-corrected chi connectivity index (χ4v) is 4.66. The minimum atomic E-state index is 0.263. The van der Waals surface area contributed by atoms with E-state index < -0.39 is 0 Å². The van der Waals surface area contributed by atoms with Crippen LogP contribution in [0, 0.1) is 11.8 Å². The van der Waals surface area contributed by atoms with Crippen molar-refractivity contribution in [1.29, 1.82) is 0 Å². The number of hydrogen-bond acceptors (Lipinski definition) is 2. The van der Waals surface area contributed by atoms with Gasteiger partial charge >= 0.3 is 0 Å². The van der Waals surface area contributed by atoms with Gasteiger partial charge in [0.1, 0.15) is 0 Å². The predicted octanol–water partition coefficient (Wildman–Crippen LogP) is 2.90. The van der Waals surface area contributed by atoms with Crippen LogP contribution in [0.5, 0.6) is 0 Å². The van der Waals surface area contributed by atoms with Gasteiger partial charge in [-0.2, -0.15) is 0 Å². The maximum Gasteiger partial charge on any atom is 0.219 e. The van der Waals surface area contributed by atoms with E-state index >= 15 is 0 Å². The molecule has 1 aliphatic carbocycles. The highest BCUT2D eigenvalue weighted by Gasteiger charge is 2.34. The Kier molecular flexibility index (Phi) is 4.65. The van der Waals surface area contributed by atoms with E-state index in [9.17, 15) is 4.79 Å². The van der Waals surface area contributed by atoms with Crippen molar-refractivity contribution >= 4 is 5.91 Å². The third-order valence-corrected chi connectivity index (χ3v) is 6.00. The first-order chi connectivity index (χ1) is 9.74. The Hall–Kier alpha value is -0.570. The van der Waals surface area contributed by atoms with Gasteiger partial charge in [-0.15, -0.1) is 0 Å². The van der Waals surface area contributed by atoms with Crippen LogP contribution >= 0.6 is 0 Å². The molecule has 0 radical (unpaired) electrons. The lowest BCUT2D eigenvalue weighted by Gasteiger charge is -2.35. The largest absolute Gasteiger partial charge is 0.343 e. The van der Waals surface area contributed by atoms with Gasteiger partial charge in [-0.25, -0.2) is 0 Å². The fraction of sp³-hybridized carbons (Fsp3) is 0.941. The van der Waals surface area contributed by atoms with Gasteiger partial charge in [0.2, 0.25) is 5.91 Å². The summed E-state index contributed by atoms with van der Waals surface area (Å²) >= 11 is 0. The number of amides is 1. The molecule has 1 saturated carbocycles. The molecule has 20 heavy (non-hydrogen) atoms. The van der Waals surface area contributed by atoms with Crippen LogP contribution in [0.1, 0.15) is 58.3 Å². The SMILES string of the molecule is CC(=O)N1CCC(C2CCN(C3CCCCC3)C2)CC1. The summed E-state index contributed by atoms with van der Waals surface area (Å²) in [5, 5.41) is 0. The first-order valence-corrected chi connectivity index (χ1v) is 8.73. The van der Waals surface area contributed by atoms with Crippen LogP contribution in [-0.4, -0.2) is 47.9 Å². The molecule has 0 aromatic heterocycles. The topological polar surface area (TPSA) is 23.6 Å². The van der Waals surface area contributed by atoms with Crippen molar-refractivity contribution in [1.82, 2.24) is 9.80 Å². The first-order valence-electron chi connectivity index (χ1n) is 8.73. The van der Waals surface area contributed by atoms with Gasteiger partial charge < -0.3 is 9.80 Å². The Bertz CT molecular complexity index is 330. The molecule has 0 aromatic rings. The van der Waals surface area contributed by atoms with Crippen molar-refractivity contribution in [3.05, 3.63) is 0 Å². The lowest BCUT2D eigenvalue weighted by molar-refractivity contribution is -0.130. The summed E-state index contributed by atoms with van der Waals surface area (Å²) in [6.07, 6.45) is 11.1. The quantitative estimate of drug-likeness (QED) is 0.775. The smallest absolute Gasteiger partial charge is 0.219 e. The number of carbonyl (C=O) groups is 1. The molecular weight excluding hydrogens is 248 g/mol. The zero-order chi connectivity index (χ0) is 13.9. The van der Waals surface area contributed by atoms with Gasteiger partial charge in [0.15, 0.2) is 0 Å². The molecule has 0 bridgehead atoms. The van der Waals surface area contributed by atoms with E-state index in [0.717, 1.165) is 31.0 Å². The molecule has 3 nitrogen and oxygen atoms in total. The van der Waals surface area contributed by atoms with Crippen LogP contribution in [0.3, 0.4) is 0 Å². The molecular formula is C17H30N2O. The lowest BCUT2D eigenvalue weighted by Crippen LogP contribution is -2.40. The molecule has 114 valence electrons. The third-order valence-electron chi connectivity index (χ3n) is 6.00. The molecule has 0 aromatic carbocycles. The number of hydrogen-bond donors (Lipinski definition) is 0. The molecule has 2 saturated heterocycles. The molecule has 1 amide bonds. The zero-order valence-electron chi connectivity index (χ0n) is 13.0. The van der Waals surface area contributed by atoms with Crippen LogP contribution in [0.2, 0.25) is 0 Å². The summed E-state index contributed by atoms with van der Waals surface area (Å²) in [6.45, 7) is 6.39. The second-order valence-electron chi connectivity index (χ2n) is 7.18. The second kappa shape index (κ2) is 6.46. The molecule has 1 atom stereocenters. The highest BCUT2D eigenvalue weighted by molar-refractivity contribution is 5.73. The van der Waals surface area contributed by atoms with Crippen LogP contribution in [0.25, 0.3) is 0 Å². The van der Waals surface area contributed by atoms with E-state index in [-0.39, 0.29) is 5.91 Å². The number of piperidine rings is 1.